The van der Waals surface area contributed by atoms with Crippen LogP contribution in [0.1, 0.15) is 44.1 Å². The number of nitrogens with one attached hydrogen (secondary N) is 3. The molecule has 1 fully saturated rings. The van der Waals surface area contributed by atoms with Crippen LogP contribution >= 0.6 is 0 Å². The van der Waals surface area contributed by atoms with E-state index in [1.165, 1.54) is 25.7 Å². The molecule has 3 N–H and O–H groups in total. The monoisotopic (exact) mass is 323 g/mol. The Hall–Kier alpha value is -2.63. The van der Waals surface area contributed by atoms with Gasteiger partial charge in [0.15, 0.2) is 0 Å². The number of rotatable bonds is 2. The van der Waals surface area contributed by atoms with E-state index in [9.17, 15) is 4.79 Å². The topological polar surface area (TPSA) is 82.2 Å². The van der Waals surface area contributed by atoms with Gasteiger partial charge in [0.1, 0.15) is 5.70 Å². The Morgan fingerprint density at radius 3 is 2.83 bits per heavy atom. The first-order valence-electron chi connectivity index (χ1n) is 8.59. The number of carbonyl (C=O) groups is 1. The van der Waals surface area contributed by atoms with E-state index in [2.05, 4.69) is 25.6 Å². The maximum Gasteiger partial charge on any atom is 0.276 e. The highest BCUT2D eigenvalue weighted by Crippen LogP contribution is 2.19. The van der Waals surface area contributed by atoms with E-state index in [4.69, 9.17) is 0 Å². The quantitative estimate of drug-likeness (QED) is 0.587. The Labute approximate surface area is 140 Å². The van der Waals surface area contributed by atoms with Crippen LogP contribution in [0.25, 0.3) is 17.1 Å². The molecule has 0 radical (unpaired) electrons. The number of aromatic nitrogens is 2. The molecule has 2 heterocycles. The molecule has 1 aromatic heterocycles. The number of amides is 1. The molecule has 124 valence electrons. The van der Waals surface area contributed by atoms with Crippen LogP contribution in [-0.2, 0) is 4.79 Å². The molecule has 1 aliphatic carbocycles. The first-order valence-corrected chi connectivity index (χ1v) is 8.59. The third-order valence-electron chi connectivity index (χ3n) is 4.64. The summed E-state index contributed by atoms with van der Waals surface area (Å²) in [7, 11) is 0. The molecule has 1 aliphatic heterocycles. The Bertz CT molecular complexity index is 812. The van der Waals surface area contributed by atoms with Gasteiger partial charge in [-0.25, -0.2) is 9.98 Å². The number of benzene rings is 1. The van der Waals surface area contributed by atoms with Crippen LogP contribution in [0.5, 0.6) is 0 Å². The van der Waals surface area contributed by atoms with Crippen molar-refractivity contribution in [1.82, 2.24) is 20.6 Å². The van der Waals surface area contributed by atoms with E-state index in [1.54, 1.807) is 12.4 Å². The summed E-state index contributed by atoms with van der Waals surface area (Å²) in [6, 6.07) is 6.26. The minimum atomic E-state index is -0.159. The van der Waals surface area contributed by atoms with Crippen LogP contribution in [0.2, 0.25) is 0 Å². The van der Waals surface area contributed by atoms with Crippen LogP contribution < -0.4 is 10.6 Å². The minimum Gasteiger partial charge on any atom is -0.353 e. The summed E-state index contributed by atoms with van der Waals surface area (Å²) in [6.07, 6.45) is 10.8. The number of hydrogen-bond acceptors (Lipinski definition) is 4. The zero-order valence-electron chi connectivity index (χ0n) is 13.5. The number of hydrogen-bond donors (Lipinski definition) is 3. The van der Waals surface area contributed by atoms with Gasteiger partial charge in [0.25, 0.3) is 5.91 Å². The highest BCUT2D eigenvalue weighted by atomic mass is 16.2. The number of nitrogens with zero attached hydrogens (tertiary/aromatic N) is 2. The number of guanidine groups is 1. The summed E-state index contributed by atoms with van der Waals surface area (Å²) in [5, 5.41) is 6.22. The smallest absolute Gasteiger partial charge is 0.276 e. The van der Waals surface area contributed by atoms with Gasteiger partial charge in [-0.1, -0.05) is 31.7 Å². The number of H-pyrrole nitrogens is 1. The van der Waals surface area contributed by atoms with Gasteiger partial charge in [0.2, 0.25) is 5.96 Å². The van der Waals surface area contributed by atoms with Crippen LogP contribution in [0.15, 0.2) is 35.2 Å². The van der Waals surface area contributed by atoms with Crippen molar-refractivity contribution < 1.29 is 4.79 Å². The number of fused-ring (bicyclic) bond motifs is 1. The second-order valence-corrected chi connectivity index (χ2v) is 6.46. The van der Waals surface area contributed by atoms with Crippen molar-refractivity contribution in [3.63, 3.8) is 0 Å². The fraction of sp³-hybridized carbons (Fsp3) is 0.389. The van der Waals surface area contributed by atoms with Crippen molar-refractivity contribution in [1.29, 1.82) is 0 Å². The highest BCUT2D eigenvalue weighted by molar-refractivity contribution is 6.13. The van der Waals surface area contributed by atoms with E-state index in [1.807, 2.05) is 18.2 Å². The molecule has 0 bridgehead atoms. The molecule has 24 heavy (non-hydrogen) atoms. The zero-order chi connectivity index (χ0) is 16.4. The van der Waals surface area contributed by atoms with Gasteiger partial charge in [0.05, 0.1) is 17.4 Å². The van der Waals surface area contributed by atoms with Crippen molar-refractivity contribution in [3.05, 3.63) is 35.8 Å². The van der Waals surface area contributed by atoms with E-state index < -0.39 is 0 Å². The van der Waals surface area contributed by atoms with Crippen LogP contribution in [0.4, 0.5) is 0 Å². The summed E-state index contributed by atoms with van der Waals surface area (Å²) < 4.78 is 0. The predicted octanol–water partition coefficient (Wildman–Crippen LogP) is 2.70. The molecule has 6 nitrogen and oxygen atoms in total. The number of carbonyl (C=O) groups excluding carboxylic acids is 1. The SMILES string of the molecule is O=C1NC(NC2CCCCCC2)=N/C1=C\c1ccc2[nH]cnc2c1. The van der Waals surface area contributed by atoms with E-state index in [0.717, 1.165) is 29.4 Å². The van der Waals surface area contributed by atoms with E-state index in [-0.39, 0.29) is 5.91 Å². The lowest BCUT2D eigenvalue weighted by atomic mass is 10.1. The second-order valence-electron chi connectivity index (χ2n) is 6.46. The molecule has 1 saturated carbocycles. The molecule has 0 atom stereocenters. The molecule has 1 amide bonds. The average Bonchev–Trinajstić information content (AvgIpc) is 3.07. The van der Waals surface area contributed by atoms with Crippen molar-refractivity contribution in [2.24, 2.45) is 4.99 Å². The maximum absolute atomic E-state index is 12.2. The summed E-state index contributed by atoms with van der Waals surface area (Å²) in [5.41, 5.74) is 3.20. The van der Waals surface area contributed by atoms with Gasteiger partial charge in [-0.05, 0) is 36.6 Å². The van der Waals surface area contributed by atoms with Gasteiger partial charge in [-0.2, -0.15) is 0 Å². The number of aromatic amines is 1. The average molecular weight is 323 g/mol. The third-order valence-corrected chi connectivity index (χ3v) is 4.64. The Morgan fingerprint density at radius 1 is 1.17 bits per heavy atom. The Morgan fingerprint density at radius 2 is 2.00 bits per heavy atom. The summed E-state index contributed by atoms with van der Waals surface area (Å²) in [4.78, 5) is 23.9. The van der Waals surface area contributed by atoms with E-state index in [0.29, 0.717) is 17.7 Å². The van der Waals surface area contributed by atoms with Crippen LogP contribution in [-0.4, -0.2) is 27.9 Å². The molecule has 2 aliphatic rings. The van der Waals surface area contributed by atoms with Gasteiger partial charge in [-0.3, -0.25) is 10.1 Å². The highest BCUT2D eigenvalue weighted by Gasteiger charge is 2.22. The van der Waals surface area contributed by atoms with Gasteiger partial charge < -0.3 is 10.3 Å². The molecule has 2 aromatic rings. The lowest BCUT2D eigenvalue weighted by molar-refractivity contribution is -0.115. The molecular formula is C18H21N5O. The lowest BCUT2D eigenvalue weighted by Gasteiger charge is -2.16. The fourth-order valence-electron chi connectivity index (χ4n) is 3.35. The molecule has 0 spiro atoms. The molecular weight excluding hydrogens is 302 g/mol. The summed E-state index contributed by atoms with van der Waals surface area (Å²) in [6.45, 7) is 0. The van der Waals surface area contributed by atoms with Gasteiger partial charge in [0, 0.05) is 6.04 Å². The summed E-state index contributed by atoms with van der Waals surface area (Å²) >= 11 is 0. The number of aliphatic imine (C=N–C) groups is 1. The largest absolute Gasteiger partial charge is 0.353 e. The normalized spacial score (nSPS) is 20.9. The van der Waals surface area contributed by atoms with Crippen LogP contribution in [0, 0.1) is 0 Å². The molecule has 0 unspecified atom stereocenters. The van der Waals surface area contributed by atoms with Crippen molar-refractivity contribution in [3.8, 4) is 0 Å². The lowest BCUT2D eigenvalue weighted by Crippen LogP contribution is -2.42. The maximum atomic E-state index is 12.2. The molecule has 6 heteroatoms. The Balaban J connectivity index is 1.51. The van der Waals surface area contributed by atoms with Crippen molar-refractivity contribution in [2.75, 3.05) is 0 Å². The van der Waals surface area contributed by atoms with Crippen molar-refractivity contribution in [2.45, 2.75) is 44.6 Å². The van der Waals surface area contributed by atoms with Gasteiger partial charge >= 0.3 is 0 Å². The first kappa shape index (κ1) is 14.9. The molecule has 1 aromatic carbocycles. The van der Waals surface area contributed by atoms with E-state index >= 15 is 0 Å². The first-order chi connectivity index (χ1) is 11.8. The number of imidazole rings is 1. The fourth-order valence-corrected chi connectivity index (χ4v) is 3.35. The zero-order valence-corrected chi connectivity index (χ0v) is 13.5. The minimum absolute atomic E-state index is 0.159. The van der Waals surface area contributed by atoms with Gasteiger partial charge in [-0.15, -0.1) is 0 Å². The summed E-state index contributed by atoms with van der Waals surface area (Å²) in [5.74, 6) is 0.423. The van der Waals surface area contributed by atoms with Crippen molar-refractivity contribution >= 4 is 29.0 Å². The Kier molecular flexibility index (Phi) is 4.02. The van der Waals surface area contributed by atoms with Crippen LogP contribution in [0.3, 0.4) is 0 Å². The molecule has 4 rings (SSSR count). The third kappa shape index (κ3) is 3.18. The molecule has 0 saturated heterocycles. The second kappa shape index (κ2) is 6.47. The predicted molar refractivity (Wildman–Crippen MR) is 94.3 cm³/mol. The standard InChI is InChI=1S/C18H21N5O/c24-17-16(10-12-7-8-14-15(9-12)20-11-19-14)22-18(23-17)21-13-5-3-1-2-4-6-13/h7-11,13H,1-6H2,(H,19,20)(H2,21,22,23,24)/b16-10-.